The average molecular weight is 367 g/mol. The summed E-state index contributed by atoms with van der Waals surface area (Å²) in [5.41, 5.74) is -0.324. The zero-order valence-corrected chi connectivity index (χ0v) is 16.6. The molecule has 0 aliphatic rings. The van der Waals surface area contributed by atoms with Crippen LogP contribution in [0.15, 0.2) is 15.5 Å². The first-order valence-corrected chi connectivity index (χ1v) is 9.31. The molecule has 0 amide bonds. The number of nitrogens with one attached hydrogen (secondary N) is 2. The number of furan rings is 1. The molecule has 0 aromatic carbocycles. The minimum atomic E-state index is -0.737. The van der Waals surface area contributed by atoms with E-state index in [1.54, 1.807) is 13.0 Å². The first-order chi connectivity index (χ1) is 12.4. The minimum absolute atomic E-state index is 0.285. The molecule has 0 bridgehead atoms. The molecule has 1 heterocycles. The zero-order chi connectivity index (χ0) is 19.6. The molecule has 148 valence electrons. The van der Waals surface area contributed by atoms with Gasteiger partial charge in [-0.05, 0) is 32.8 Å². The van der Waals surface area contributed by atoms with Crippen LogP contribution in [-0.4, -0.2) is 42.8 Å². The third-order valence-electron chi connectivity index (χ3n) is 4.13. The number of carbonyl (C=O) groups excluding carboxylic acids is 1. The van der Waals surface area contributed by atoms with E-state index in [9.17, 15) is 9.90 Å². The van der Waals surface area contributed by atoms with Gasteiger partial charge in [-0.3, -0.25) is 0 Å². The van der Waals surface area contributed by atoms with Gasteiger partial charge in [0.05, 0.1) is 12.7 Å². The molecule has 1 aromatic rings. The number of aryl methyl sites for hydroxylation is 1. The molecule has 26 heavy (non-hydrogen) atoms. The number of aliphatic imine (C=N–C) groups is 1. The fraction of sp³-hybridized carbons (Fsp3) is 0.684. The third-order valence-corrected chi connectivity index (χ3v) is 4.13. The molecule has 7 nitrogen and oxygen atoms in total. The van der Waals surface area contributed by atoms with Gasteiger partial charge in [0.15, 0.2) is 5.96 Å². The Labute approximate surface area is 156 Å². The van der Waals surface area contributed by atoms with Crippen molar-refractivity contribution in [2.45, 2.75) is 65.5 Å². The lowest BCUT2D eigenvalue weighted by molar-refractivity contribution is 0.0257. The summed E-state index contributed by atoms with van der Waals surface area (Å²) in [4.78, 5) is 16.1. The number of ether oxygens (including phenoxy) is 1. The molecule has 3 N–H and O–H groups in total. The summed E-state index contributed by atoms with van der Waals surface area (Å²) in [6.45, 7) is 9.26. The van der Waals surface area contributed by atoms with Crippen molar-refractivity contribution < 1.29 is 19.1 Å². The summed E-state index contributed by atoms with van der Waals surface area (Å²) in [5.74, 6) is 1.28. The van der Waals surface area contributed by atoms with Gasteiger partial charge >= 0.3 is 5.97 Å². The molecule has 0 spiro atoms. The van der Waals surface area contributed by atoms with Gasteiger partial charge in [0.25, 0.3) is 0 Å². The number of esters is 1. The Kier molecular flexibility index (Phi) is 9.19. The van der Waals surface area contributed by atoms with Crippen LogP contribution < -0.4 is 10.6 Å². The van der Waals surface area contributed by atoms with Gasteiger partial charge < -0.3 is 24.9 Å². The number of aliphatic hydroxyl groups is 1. The quantitative estimate of drug-likeness (QED) is 0.334. The highest BCUT2D eigenvalue weighted by molar-refractivity contribution is 5.90. The summed E-state index contributed by atoms with van der Waals surface area (Å²) >= 11 is 0. The molecular formula is C19H33N3O4. The number of rotatable bonds is 10. The van der Waals surface area contributed by atoms with Gasteiger partial charge in [-0.25, -0.2) is 9.79 Å². The van der Waals surface area contributed by atoms with Gasteiger partial charge in [-0.2, -0.15) is 0 Å². The van der Waals surface area contributed by atoms with Crippen molar-refractivity contribution in [2.24, 2.45) is 4.99 Å². The van der Waals surface area contributed by atoms with Crippen molar-refractivity contribution in [3.8, 4) is 0 Å². The molecule has 0 saturated heterocycles. The monoisotopic (exact) mass is 367 g/mol. The van der Waals surface area contributed by atoms with Gasteiger partial charge in [0.1, 0.15) is 23.6 Å². The Morgan fingerprint density at radius 3 is 2.46 bits per heavy atom. The number of hydrogen-bond donors (Lipinski definition) is 3. The lowest BCUT2D eigenvalue weighted by Crippen LogP contribution is -2.47. The number of methoxy groups -OCH3 is 1. The largest absolute Gasteiger partial charge is 0.465 e. The van der Waals surface area contributed by atoms with E-state index in [0.29, 0.717) is 36.1 Å². The molecule has 0 aliphatic heterocycles. The summed E-state index contributed by atoms with van der Waals surface area (Å²) in [5, 5.41) is 17.1. The molecule has 0 saturated carbocycles. The normalized spacial score (nSPS) is 12.2. The van der Waals surface area contributed by atoms with Crippen LogP contribution in [0.1, 0.15) is 68.3 Å². The molecule has 0 atom stereocenters. The van der Waals surface area contributed by atoms with E-state index < -0.39 is 11.6 Å². The summed E-state index contributed by atoms with van der Waals surface area (Å²) < 4.78 is 10.3. The SMILES string of the molecule is CCCC(O)(CCC)CNC(=NCc1cc(C(=O)OC)c(C)o1)NCC. The van der Waals surface area contributed by atoms with Crippen molar-refractivity contribution in [3.05, 3.63) is 23.2 Å². The average Bonchev–Trinajstić information content (AvgIpc) is 2.98. The lowest BCUT2D eigenvalue weighted by atomic mass is 9.93. The fourth-order valence-corrected chi connectivity index (χ4v) is 2.91. The molecule has 1 aromatic heterocycles. The van der Waals surface area contributed by atoms with Crippen LogP contribution in [0.3, 0.4) is 0 Å². The molecule has 0 fully saturated rings. The second-order valence-electron chi connectivity index (χ2n) is 6.45. The second kappa shape index (κ2) is 10.9. The maximum absolute atomic E-state index is 11.7. The number of nitrogens with zero attached hydrogens (tertiary/aromatic N) is 1. The van der Waals surface area contributed by atoms with Crippen molar-refractivity contribution in [2.75, 3.05) is 20.2 Å². The molecule has 0 aliphatic carbocycles. The van der Waals surface area contributed by atoms with E-state index in [2.05, 4.69) is 29.5 Å². The van der Waals surface area contributed by atoms with E-state index >= 15 is 0 Å². The lowest BCUT2D eigenvalue weighted by Gasteiger charge is -2.28. The first-order valence-electron chi connectivity index (χ1n) is 9.31. The summed E-state index contributed by atoms with van der Waals surface area (Å²) in [6, 6.07) is 1.65. The van der Waals surface area contributed by atoms with Gasteiger partial charge in [0, 0.05) is 13.1 Å². The van der Waals surface area contributed by atoms with Crippen LogP contribution in [0.2, 0.25) is 0 Å². The predicted octanol–water partition coefficient (Wildman–Crippen LogP) is 2.76. The number of hydrogen-bond acceptors (Lipinski definition) is 5. The second-order valence-corrected chi connectivity index (χ2v) is 6.45. The van der Waals surface area contributed by atoms with E-state index in [1.807, 2.05) is 6.92 Å². The van der Waals surface area contributed by atoms with E-state index in [1.165, 1.54) is 7.11 Å². The highest BCUT2D eigenvalue weighted by atomic mass is 16.5. The highest BCUT2D eigenvalue weighted by Crippen LogP contribution is 2.19. The Balaban J connectivity index is 2.78. The van der Waals surface area contributed by atoms with Crippen molar-refractivity contribution in [1.82, 2.24) is 10.6 Å². The maximum atomic E-state index is 11.7. The molecule has 1 rings (SSSR count). The third kappa shape index (κ3) is 6.71. The first kappa shape index (κ1) is 22.0. The van der Waals surface area contributed by atoms with E-state index in [4.69, 9.17) is 9.15 Å². The fourth-order valence-electron chi connectivity index (χ4n) is 2.91. The zero-order valence-electron chi connectivity index (χ0n) is 16.6. The van der Waals surface area contributed by atoms with Crippen LogP contribution in [0, 0.1) is 6.92 Å². The molecule has 0 radical (unpaired) electrons. The van der Waals surface area contributed by atoms with Crippen LogP contribution >= 0.6 is 0 Å². The number of guanidine groups is 1. The summed E-state index contributed by atoms with van der Waals surface area (Å²) in [7, 11) is 1.34. The van der Waals surface area contributed by atoms with Crippen LogP contribution in [0.4, 0.5) is 0 Å². The van der Waals surface area contributed by atoms with E-state index in [-0.39, 0.29) is 6.54 Å². The molecule has 0 unspecified atom stereocenters. The Morgan fingerprint density at radius 2 is 1.92 bits per heavy atom. The smallest absolute Gasteiger partial charge is 0.341 e. The van der Waals surface area contributed by atoms with E-state index in [0.717, 1.165) is 25.7 Å². The van der Waals surface area contributed by atoms with Crippen LogP contribution in [0.5, 0.6) is 0 Å². The summed E-state index contributed by atoms with van der Waals surface area (Å²) in [6.07, 6.45) is 3.34. The predicted molar refractivity (Wildman–Crippen MR) is 102 cm³/mol. The van der Waals surface area contributed by atoms with Gasteiger partial charge in [0.2, 0.25) is 0 Å². The molecule has 7 heteroatoms. The van der Waals surface area contributed by atoms with Crippen molar-refractivity contribution >= 4 is 11.9 Å². The van der Waals surface area contributed by atoms with Crippen LogP contribution in [0.25, 0.3) is 0 Å². The topological polar surface area (TPSA) is 96.1 Å². The Morgan fingerprint density at radius 1 is 1.27 bits per heavy atom. The molecular weight excluding hydrogens is 334 g/mol. The minimum Gasteiger partial charge on any atom is -0.465 e. The Hall–Kier alpha value is -2.02. The number of carbonyl (C=O) groups is 1. The Bertz CT molecular complexity index is 590. The highest BCUT2D eigenvalue weighted by Gasteiger charge is 2.25. The van der Waals surface area contributed by atoms with Crippen LogP contribution in [-0.2, 0) is 11.3 Å². The standard InChI is InChI=1S/C19H33N3O4/c1-6-9-19(24,10-7-2)13-22-18(20-8-3)21-12-15-11-16(14(4)26-15)17(23)25-5/h11,24H,6-10,12-13H2,1-5H3,(H2,20,21,22). The van der Waals surface area contributed by atoms with Crippen molar-refractivity contribution in [1.29, 1.82) is 0 Å². The van der Waals surface area contributed by atoms with Gasteiger partial charge in [-0.1, -0.05) is 26.7 Å². The van der Waals surface area contributed by atoms with Gasteiger partial charge in [-0.15, -0.1) is 0 Å². The maximum Gasteiger partial charge on any atom is 0.341 e. The van der Waals surface area contributed by atoms with Crippen molar-refractivity contribution in [3.63, 3.8) is 0 Å².